The van der Waals surface area contributed by atoms with E-state index in [9.17, 15) is 4.79 Å². The van der Waals surface area contributed by atoms with Crippen LogP contribution >= 0.6 is 0 Å². The molecule has 0 aliphatic heterocycles. The van der Waals surface area contributed by atoms with Gasteiger partial charge in [0, 0.05) is 18.2 Å². The Morgan fingerprint density at radius 3 is 2.57 bits per heavy atom. The normalized spacial score (nSPS) is 11.1. The van der Waals surface area contributed by atoms with Crippen molar-refractivity contribution in [2.45, 2.75) is 13.8 Å². The summed E-state index contributed by atoms with van der Waals surface area (Å²) in [5.41, 5.74) is 1.83. The van der Waals surface area contributed by atoms with Crippen LogP contribution in [0, 0.1) is 0 Å². The Hall–Kier alpha value is -1.84. The highest BCUT2D eigenvalue weighted by atomic mass is 16.4. The summed E-state index contributed by atoms with van der Waals surface area (Å²) in [7, 11) is 0. The van der Waals surface area contributed by atoms with Crippen molar-refractivity contribution in [2.24, 2.45) is 5.16 Å². The van der Waals surface area contributed by atoms with Crippen molar-refractivity contribution < 1.29 is 10.0 Å². The van der Waals surface area contributed by atoms with Crippen molar-refractivity contribution >= 4 is 17.3 Å². The van der Waals surface area contributed by atoms with Crippen molar-refractivity contribution in [1.82, 2.24) is 0 Å². The molecule has 0 heterocycles. The third-order valence-corrected chi connectivity index (χ3v) is 1.78. The standard InChI is InChI=1S/C10H12N2O2/c1-7(12-14)9-5-3-4-6-10(9)11-8(2)13/h3-6,14H,1-2H3,(H,11,13). The molecule has 0 saturated carbocycles. The van der Waals surface area contributed by atoms with Crippen molar-refractivity contribution in [3.05, 3.63) is 29.8 Å². The third-order valence-electron chi connectivity index (χ3n) is 1.78. The maximum atomic E-state index is 10.9. The molecule has 1 rings (SSSR count). The summed E-state index contributed by atoms with van der Waals surface area (Å²) in [6, 6.07) is 7.15. The van der Waals surface area contributed by atoms with Crippen LogP contribution in [-0.2, 0) is 4.79 Å². The molecular formula is C10H12N2O2. The van der Waals surface area contributed by atoms with Crippen LogP contribution in [0.3, 0.4) is 0 Å². The van der Waals surface area contributed by atoms with Gasteiger partial charge in [-0.1, -0.05) is 23.4 Å². The lowest BCUT2D eigenvalue weighted by atomic mass is 10.1. The number of hydrogen-bond donors (Lipinski definition) is 2. The van der Waals surface area contributed by atoms with Gasteiger partial charge >= 0.3 is 0 Å². The van der Waals surface area contributed by atoms with E-state index in [0.717, 1.165) is 0 Å². The smallest absolute Gasteiger partial charge is 0.221 e. The van der Waals surface area contributed by atoms with Crippen LogP contribution < -0.4 is 5.32 Å². The van der Waals surface area contributed by atoms with Gasteiger partial charge in [0.25, 0.3) is 0 Å². The summed E-state index contributed by atoms with van der Waals surface area (Å²) < 4.78 is 0. The zero-order valence-corrected chi connectivity index (χ0v) is 8.11. The summed E-state index contributed by atoms with van der Waals surface area (Å²) in [6.45, 7) is 3.10. The maximum absolute atomic E-state index is 10.9. The Balaban J connectivity index is 3.09. The van der Waals surface area contributed by atoms with Gasteiger partial charge in [0.05, 0.1) is 5.71 Å². The number of oxime groups is 1. The lowest BCUT2D eigenvalue weighted by molar-refractivity contribution is -0.114. The molecular weight excluding hydrogens is 180 g/mol. The molecule has 0 aliphatic rings. The first-order valence-corrected chi connectivity index (χ1v) is 4.21. The molecule has 0 bridgehead atoms. The second-order valence-corrected chi connectivity index (χ2v) is 2.91. The van der Waals surface area contributed by atoms with E-state index < -0.39 is 0 Å². The van der Waals surface area contributed by atoms with E-state index in [1.807, 2.05) is 6.07 Å². The summed E-state index contributed by atoms with van der Waals surface area (Å²) in [4.78, 5) is 10.9. The maximum Gasteiger partial charge on any atom is 0.221 e. The van der Waals surface area contributed by atoms with Gasteiger partial charge in [-0.3, -0.25) is 4.79 Å². The minimum absolute atomic E-state index is 0.150. The molecule has 0 atom stereocenters. The Morgan fingerprint density at radius 1 is 1.36 bits per heavy atom. The molecule has 1 aromatic rings. The van der Waals surface area contributed by atoms with E-state index >= 15 is 0 Å². The Morgan fingerprint density at radius 2 is 2.00 bits per heavy atom. The number of nitrogens with zero attached hydrogens (tertiary/aromatic N) is 1. The number of para-hydroxylation sites is 1. The molecule has 14 heavy (non-hydrogen) atoms. The lowest BCUT2D eigenvalue weighted by Gasteiger charge is -2.07. The Kier molecular flexibility index (Phi) is 3.23. The number of hydrogen-bond acceptors (Lipinski definition) is 3. The minimum Gasteiger partial charge on any atom is -0.411 e. The zero-order valence-electron chi connectivity index (χ0n) is 8.11. The third kappa shape index (κ3) is 2.32. The number of carbonyl (C=O) groups is 1. The van der Waals surface area contributed by atoms with Crippen molar-refractivity contribution in [2.75, 3.05) is 5.32 Å². The first-order chi connectivity index (χ1) is 6.65. The summed E-state index contributed by atoms with van der Waals surface area (Å²) >= 11 is 0. The monoisotopic (exact) mass is 192 g/mol. The molecule has 2 N–H and O–H groups in total. The van der Waals surface area contributed by atoms with Gasteiger partial charge in [0.15, 0.2) is 0 Å². The highest BCUT2D eigenvalue weighted by molar-refractivity contribution is 6.05. The van der Waals surface area contributed by atoms with Gasteiger partial charge in [-0.15, -0.1) is 0 Å². The number of anilines is 1. The highest BCUT2D eigenvalue weighted by Crippen LogP contribution is 2.15. The van der Waals surface area contributed by atoms with Gasteiger partial charge in [-0.25, -0.2) is 0 Å². The van der Waals surface area contributed by atoms with Crippen LogP contribution in [0.1, 0.15) is 19.4 Å². The van der Waals surface area contributed by atoms with Gasteiger partial charge < -0.3 is 10.5 Å². The molecule has 1 amide bonds. The number of amides is 1. The molecule has 0 aromatic heterocycles. The fourth-order valence-corrected chi connectivity index (χ4v) is 1.15. The molecule has 0 aliphatic carbocycles. The van der Waals surface area contributed by atoms with Gasteiger partial charge in [0.1, 0.15) is 0 Å². The van der Waals surface area contributed by atoms with E-state index in [4.69, 9.17) is 5.21 Å². The van der Waals surface area contributed by atoms with E-state index in [1.54, 1.807) is 25.1 Å². The first-order valence-electron chi connectivity index (χ1n) is 4.21. The van der Waals surface area contributed by atoms with Crippen molar-refractivity contribution in [3.8, 4) is 0 Å². The van der Waals surface area contributed by atoms with Crippen molar-refractivity contribution in [3.63, 3.8) is 0 Å². The second kappa shape index (κ2) is 4.41. The quantitative estimate of drug-likeness (QED) is 0.426. The minimum atomic E-state index is -0.150. The molecule has 0 spiro atoms. The zero-order chi connectivity index (χ0) is 10.6. The molecule has 74 valence electrons. The molecule has 0 unspecified atom stereocenters. The van der Waals surface area contributed by atoms with Crippen molar-refractivity contribution in [1.29, 1.82) is 0 Å². The molecule has 4 heteroatoms. The van der Waals surface area contributed by atoms with Crippen LogP contribution in [0.25, 0.3) is 0 Å². The van der Waals surface area contributed by atoms with Crippen LogP contribution in [0.4, 0.5) is 5.69 Å². The van der Waals surface area contributed by atoms with Crippen LogP contribution in [0.15, 0.2) is 29.4 Å². The van der Waals surface area contributed by atoms with Gasteiger partial charge in [-0.05, 0) is 13.0 Å². The number of rotatable bonds is 2. The van der Waals surface area contributed by atoms with Crippen LogP contribution in [-0.4, -0.2) is 16.8 Å². The summed E-state index contributed by atoms with van der Waals surface area (Å²) in [6.07, 6.45) is 0. The molecule has 1 aromatic carbocycles. The number of benzene rings is 1. The van der Waals surface area contributed by atoms with Gasteiger partial charge in [-0.2, -0.15) is 0 Å². The summed E-state index contributed by atoms with van der Waals surface area (Å²) in [5.74, 6) is -0.150. The topological polar surface area (TPSA) is 61.7 Å². The number of carbonyl (C=O) groups excluding carboxylic acids is 1. The molecule has 0 fully saturated rings. The van der Waals surface area contributed by atoms with E-state index in [-0.39, 0.29) is 5.91 Å². The lowest BCUT2D eigenvalue weighted by Crippen LogP contribution is -2.09. The molecule has 0 radical (unpaired) electrons. The average molecular weight is 192 g/mol. The van der Waals surface area contributed by atoms with E-state index in [0.29, 0.717) is 17.0 Å². The molecule has 4 nitrogen and oxygen atoms in total. The predicted octanol–water partition coefficient (Wildman–Crippen LogP) is 1.84. The van der Waals surface area contributed by atoms with Crippen LogP contribution in [0.5, 0.6) is 0 Å². The molecule has 0 saturated heterocycles. The largest absolute Gasteiger partial charge is 0.411 e. The average Bonchev–Trinajstić information content (AvgIpc) is 2.16. The van der Waals surface area contributed by atoms with E-state index in [2.05, 4.69) is 10.5 Å². The first kappa shape index (κ1) is 10.2. The van der Waals surface area contributed by atoms with Gasteiger partial charge in [0.2, 0.25) is 5.91 Å². The second-order valence-electron chi connectivity index (χ2n) is 2.91. The summed E-state index contributed by atoms with van der Waals surface area (Å²) in [5, 5.41) is 14.4. The predicted molar refractivity (Wildman–Crippen MR) is 54.7 cm³/mol. The number of nitrogens with one attached hydrogen (secondary N) is 1. The SMILES string of the molecule is CC(=O)Nc1ccccc1C(C)=NO. The highest BCUT2D eigenvalue weighted by Gasteiger charge is 2.05. The van der Waals surface area contributed by atoms with E-state index in [1.165, 1.54) is 6.92 Å². The Bertz CT molecular complexity index is 372. The van der Waals surface area contributed by atoms with Crippen LogP contribution in [0.2, 0.25) is 0 Å². The Labute approximate surface area is 82.2 Å². The fraction of sp³-hybridized carbons (Fsp3) is 0.200. The fourth-order valence-electron chi connectivity index (χ4n) is 1.15.